The normalized spacial score (nSPS) is 15.4. The lowest BCUT2D eigenvalue weighted by molar-refractivity contribution is -0.124. The Morgan fingerprint density at radius 1 is 1.21 bits per heavy atom. The Morgan fingerprint density at radius 2 is 1.74 bits per heavy atom. The molecular formula is C15H32N2O2. The van der Waals surface area contributed by atoms with Gasteiger partial charge in [-0.1, -0.05) is 33.6 Å². The van der Waals surface area contributed by atoms with E-state index in [9.17, 15) is 9.90 Å². The predicted octanol–water partition coefficient (Wildman–Crippen LogP) is 2.07. The molecule has 0 aliphatic heterocycles. The zero-order valence-electron chi connectivity index (χ0n) is 13.4. The first-order valence-corrected chi connectivity index (χ1v) is 7.50. The largest absolute Gasteiger partial charge is 0.392 e. The molecule has 4 nitrogen and oxygen atoms in total. The van der Waals surface area contributed by atoms with Gasteiger partial charge in [-0.05, 0) is 33.1 Å². The number of aliphatic hydroxyl groups is 1. The van der Waals surface area contributed by atoms with Crippen LogP contribution in [-0.4, -0.2) is 35.2 Å². The molecule has 0 rings (SSSR count). The maximum atomic E-state index is 12.0. The number of aliphatic hydroxyl groups excluding tert-OH is 1. The number of rotatable bonds is 9. The fraction of sp³-hybridized carbons (Fsp3) is 0.933. The Morgan fingerprint density at radius 3 is 2.16 bits per heavy atom. The van der Waals surface area contributed by atoms with Crippen molar-refractivity contribution in [3.8, 4) is 0 Å². The van der Waals surface area contributed by atoms with E-state index in [1.54, 1.807) is 0 Å². The van der Waals surface area contributed by atoms with Crippen LogP contribution in [0.2, 0.25) is 0 Å². The SMILES string of the molecule is CCC(CC)C(O)CNC(C)C(=O)NC(C)(C)CC. The molecule has 0 heterocycles. The average Bonchev–Trinajstić information content (AvgIpc) is 2.36. The zero-order valence-corrected chi connectivity index (χ0v) is 13.4. The fourth-order valence-electron chi connectivity index (χ4n) is 1.92. The lowest BCUT2D eigenvalue weighted by Gasteiger charge is -2.28. The summed E-state index contributed by atoms with van der Waals surface area (Å²) in [5, 5.41) is 16.1. The van der Waals surface area contributed by atoms with E-state index in [2.05, 4.69) is 31.4 Å². The van der Waals surface area contributed by atoms with Crippen LogP contribution in [0, 0.1) is 5.92 Å². The minimum atomic E-state index is -0.385. The number of carbonyl (C=O) groups is 1. The Labute approximate surface area is 118 Å². The van der Waals surface area contributed by atoms with Crippen molar-refractivity contribution >= 4 is 5.91 Å². The lowest BCUT2D eigenvalue weighted by atomic mass is 9.96. The molecule has 0 aliphatic rings. The van der Waals surface area contributed by atoms with E-state index < -0.39 is 0 Å². The van der Waals surface area contributed by atoms with E-state index in [4.69, 9.17) is 0 Å². The minimum Gasteiger partial charge on any atom is -0.392 e. The van der Waals surface area contributed by atoms with E-state index in [1.165, 1.54) is 0 Å². The highest BCUT2D eigenvalue weighted by atomic mass is 16.3. The summed E-state index contributed by atoms with van der Waals surface area (Å²) in [6, 6.07) is -0.283. The zero-order chi connectivity index (χ0) is 15.1. The first kappa shape index (κ1) is 18.4. The molecule has 0 saturated heterocycles. The lowest BCUT2D eigenvalue weighted by Crippen LogP contribution is -2.52. The molecule has 0 aliphatic carbocycles. The summed E-state index contributed by atoms with van der Waals surface area (Å²) in [4.78, 5) is 12.0. The molecule has 0 saturated carbocycles. The van der Waals surface area contributed by atoms with Gasteiger partial charge < -0.3 is 15.7 Å². The fourth-order valence-corrected chi connectivity index (χ4v) is 1.92. The van der Waals surface area contributed by atoms with Crippen molar-refractivity contribution in [1.82, 2.24) is 10.6 Å². The van der Waals surface area contributed by atoms with Crippen LogP contribution in [0.25, 0.3) is 0 Å². The summed E-state index contributed by atoms with van der Waals surface area (Å²) >= 11 is 0. The first-order valence-electron chi connectivity index (χ1n) is 7.50. The smallest absolute Gasteiger partial charge is 0.237 e. The van der Waals surface area contributed by atoms with Gasteiger partial charge >= 0.3 is 0 Å². The van der Waals surface area contributed by atoms with E-state index in [0.717, 1.165) is 19.3 Å². The first-order chi connectivity index (χ1) is 8.77. The number of hydrogen-bond donors (Lipinski definition) is 3. The third-order valence-electron chi connectivity index (χ3n) is 3.96. The van der Waals surface area contributed by atoms with Crippen molar-refractivity contribution in [2.45, 2.75) is 78.5 Å². The molecule has 0 spiro atoms. The Balaban J connectivity index is 4.17. The second-order valence-corrected chi connectivity index (χ2v) is 6.00. The number of nitrogens with one attached hydrogen (secondary N) is 2. The van der Waals surface area contributed by atoms with E-state index in [0.29, 0.717) is 12.5 Å². The average molecular weight is 272 g/mol. The molecule has 0 aromatic carbocycles. The van der Waals surface area contributed by atoms with Gasteiger partial charge in [0, 0.05) is 12.1 Å². The van der Waals surface area contributed by atoms with Crippen molar-refractivity contribution < 1.29 is 9.90 Å². The summed E-state index contributed by atoms with van der Waals surface area (Å²) in [5.41, 5.74) is -0.180. The van der Waals surface area contributed by atoms with Gasteiger partial charge in [-0.2, -0.15) is 0 Å². The molecule has 114 valence electrons. The summed E-state index contributed by atoms with van der Waals surface area (Å²) in [6.45, 7) is 12.5. The number of amides is 1. The van der Waals surface area contributed by atoms with E-state index in [1.807, 2.05) is 20.8 Å². The standard InChI is InChI=1S/C15H32N2O2/c1-7-12(8-2)13(18)10-16-11(4)14(19)17-15(5,6)9-3/h11-13,16,18H,7-10H2,1-6H3,(H,17,19). The second-order valence-electron chi connectivity index (χ2n) is 6.00. The molecule has 2 unspecified atom stereocenters. The summed E-state index contributed by atoms with van der Waals surface area (Å²) in [5.74, 6) is 0.290. The molecule has 0 bridgehead atoms. The molecule has 2 atom stereocenters. The quantitative estimate of drug-likeness (QED) is 0.602. The molecule has 4 heteroatoms. The van der Waals surface area contributed by atoms with Crippen LogP contribution in [-0.2, 0) is 4.79 Å². The Bertz CT molecular complexity index is 263. The summed E-state index contributed by atoms with van der Waals surface area (Å²) < 4.78 is 0. The Hall–Kier alpha value is -0.610. The number of hydrogen-bond acceptors (Lipinski definition) is 3. The van der Waals surface area contributed by atoms with Crippen molar-refractivity contribution in [3.05, 3.63) is 0 Å². The second kappa shape index (κ2) is 8.54. The molecule has 1 amide bonds. The highest BCUT2D eigenvalue weighted by Gasteiger charge is 2.23. The predicted molar refractivity (Wildman–Crippen MR) is 80.1 cm³/mol. The van der Waals surface area contributed by atoms with Crippen LogP contribution in [0.4, 0.5) is 0 Å². The molecule has 3 N–H and O–H groups in total. The monoisotopic (exact) mass is 272 g/mol. The summed E-state index contributed by atoms with van der Waals surface area (Å²) in [6.07, 6.45) is 2.43. The van der Waals surface area contributed by atoms with Crippen LogP contribution in [0.1, 0.15) is 60.8 Å². The van der Waals surface area contributed by atoms with Gasteiger partial charge in [0.05, 0.1) is 12.1 Å². The van der Waals surface area contributed by atoms with E-state index >= 15 is 0 Å². The van der Waals surface area contributed by atoms with Gasteiger partial charge in [0.25, 0.3) is 0 Å². The molecule has 0 aromatic heterocycles. The van der Waals surface area contributed by atoms with Crippen LogP contribution in [0.3, 0.4) is 0 Å². The van der Waals surface area contributed by atoms with Gasteiger partial charge in [0.2, 0.25) is 5.91 Å². The highest BCUT2D eigenvalue weighted by molar-refractivity contribution is 5.81. The molecular weight excluding hydrogens is 240 g/mol. The van der Waals surface area contributed by atoms with Crippen molar-refractivity contribution in [3.63, 3.8) is 0 Å². The topological polar surface area (TPSA) is 61.4 Å². The molecule has 0 aromatic rings. The third kappa shape index (κ3) is 6.92. The number of carbonyl (C=O) groups excluding carboxylic acids is 1. The van der Waals surface area contributed by atoms with Gasteiger partial charge in [0.15, 0.2) is 0 Å². The molecule has 0 radical (unpaired) electrons. The molecule has 0 fully saturated rings. The minimum absolute atomic E-state index is 0.0106. The highest BCUT2D eigenvalue weighted by Crippen LogP contribution is 2.12. The van der Waals surface area contributed by atoms with Gasteiger partial charge in [0.1, 0.15) is 0 Å². The van der Waals surface area contributed by atoms with Crippen LogP contribution in [0.5, 0.6) is 0 Å². The Kier molecular flexibility index (Phi) is 8.26. The van der Waals surface area contributed by atoms with Gasteiger partial charge in [-0.15, -0.1) is 0 Å². The van der Waals surface area contributed by atoms with Gasteiger partial charge in [-0.25, -0.2) is 0 Å². The third-order valence-corrected chi connectivity index (χ3v) is 3.96. The maximum absolute atomic E-state index is 12.0. The van der Waals surface area contributed by atoms with Crippen LogP contribution >= 0.6 is 0 Å². The van der Waals surface area contributed by atoms with E-state index in [-0.39, 0.29) is 23.6 Å². The van der Waals surface area contributed by atoms with Crippen LogP contribution in [0.15, 0.2) is 0 Å². The maximum Gasteiger partial charge on any atom is 0.237 e. The van der Waals surface area contributed by atoms with Gasteiger partial charge in [-0.3, -0.25) is 4.79 Å². The van der Waals surface area contributed by atoms with Crippen LogP contribution < -0.4 is 10.6 Å². The summed E-state index contributed by atoms with van der Waals surface area (Å²) in [7, 11) is 0. The van der Waals surface area contributed by atoms with Crippen molar-refractivity contribution in [1.29, 1.82) is 0 Å². The molecule has 19 heavy (non-hydrogen) atoms. The van der Waals surface area contributed by atoms with Crippen molar-refractivity contribution in [2.75, 3.05) is 6.54 Å². The van der Waals surface area contributed by atoms with Crippen molar-refractivity contribution in [2.24, 2.45) is 5.92 Å².